The number of ether oxygens (including phenoxy) is 1. The predicted molar refractivity (Wildman–Crippen MR) is 74.9 cm³/mol. The second-order valence-corrected chi connectivity index (χ2v) is 5.38. The highest BCUT2D eigenvalue weighted by atomic mass is 19.1. The molecule has 1 atom stereocenters. The fourth-order valence-corrected chi connectivity index (χ4v) is 2.36. The number of carbonyl (C=O) groups is 2. The number of halogens is 1. The maximum atomic E-state index is 13.1. The molecule has 0 saturated carbocycles. The Bertz CT molecular complexity index is 569. The van der Waals surface area contributed by atoms with E-state index in [1.165, 1.54) is 23.1 Å². The Balaban J connectivity index is 1.93. The molecule has 0 spiro atoms. The third kappa shape index (κ3) is 3.54. The number of hydrogen-bond acceptors (Lipinski definition) is 4. The van der Waals surface area contributed by atoms with E-state index in [0.29, 0.717) is 0 Å². The lowest BCUT2D eigenvalue weighted by Crippen LogP contribution is -2.53. The number of hydrogen-bond donors (Lipinski definition) is 2. The van der Waals surface area contributed by atoms with Gasteiger partial charge in [-0.2, -0.15) is 0 Å². The molecule has 1 amide bonds. The van der Waals surface area contributed by atoms with Crippen molar-refractivity contribution in [2.75, 3.05) is 13.1 Å². The third-order valence-corrected chi connectivity index (χ3v) is 3.76. The van der Waals surface area contributed by atoms with Crippen LogP contribution < -0.4 is 4.74 Å². The number of carboxylic acid groups (broad SMARTS) is 1. The standard InChI is InChI=1S/C15H18FNO5/c1-10(22-12-4-2-3-11(16)9-12)13(18)17-7-5-15(21,6-8-17)14(19)20/h2-4,9-10,21H,5-8H2,1H3,(H,19,20)/t10-/m0/s1. The van der Waals surface area contributed by atoms with E-state index in [1.54, 1.807) is 13.0 Å². The number of aliphatic hydroxyl groups is 1. The van der Waals surface area contributed by atoms with Crippen LogP contribution >= 0.6 is 0 Å². The summed E-state index contributed by atoms with van der Waals surface area (Å²) in [7, 11) is 0. The number of amides is 1. The summed E-state index contributed by atoms with van der Waals surface area (Å²) in [6.07, 6.45) is -0.876. The van der Waals surface area contributed by atoms with Crippen molar-refractivity contribution in [3.63, 3.8) is 0 Å². The second kappa shape index (κ2) is 6.31. The van der Waals surface area contributed by atoms with Gasteiger partial charge < -0.3 is 19.8 Å². The molecule has 0 radical (unpaired) electrons. The summed E-state index contributed by atoms with van der Waals surface area (Å²) < 4.78 is 18.5. The maximum Gasteiger partial charge on any atom is 0.335 e. The van der Waals surface area contributed by atoms with E-state index in [4.69, 9.17) is 9.84 Å². The van der Waals surface area contributed by atoms with Crippen molar-refractivity contribution in [1.82, 2.24) is 4.90 Å². The molecular weight excluding hydrogens is 293 g/mol. The molecule has 1 fully saturated rings. The molecule has 7 heteroatoms. The SMILES string of the molecule is C[C@H](Oc1cccc(F)c1)C(=O)N1CCC(O)(C(=O)O)CC1. The number of carbonyl (C=O) groups excluding carboxylic acids is 1. The van der Waals surface area contributed by atoms with Crippen LogP contribution in [-0.2, 0) is 9.59 Å². The Hall–Kier alpha value is -2.15. The van der Waals surface area contributed by atoms with Crippen LogP contribution in [0.25, 0.3) is 0 Å². The van der Waals surface area contributed by atoms with Crippen LogP contribution in [0.15, 0.2) is 24.3 Å². The average molecular weight is 311 g/mol. The van der Waals surface area contributed by atoms with E-state index in [9.17, 15) is 19.1 Å². The zero-order valence-corrected chi connectivity index (χ0v) is 12.2. The Morgan fingerprint density at radius 1 is 1.36 bits per heavy atom. The number of rotatable bonds is 4. The van der Waals surface area contributed by atoms with Crippen LogP contribution in [-0.4, -0.2) is 51.8 Å². The van der Waals surface area contributed by atoms with Gasteiger partial charge in [0.2, 0.25) is 0 Å². The zero-order valence-electron chi connectivity index (χ0n) is 12.2. The molecular formula is C15H18FNO5. The molecule has 1 saturated heterocycles. The van der Waals surface area contributed by atoms with Gasteiger partial charge in [-0.3, -0.25) is 4.79 Å². The van der Waals surface area contributed by atoms with Crippen molar-refractivity contribution in [2.24, 2.45) is 0 Å². The molecule has 22 heavy (non-hydrogen) atoms. The first kappa shape index (κ1) is 16.2. The van der Waals surface area contributed by atoms with Gasteiger partial charge in [-0.15, -0.1) is 0 Å². The topological polar surface area (TPSA) is 87.1 Å². The van der Waals surface area contributed by atoms with Gasteiger partial charge in [0, 0.05) is 32.0 Å². The van der Waals surface area contributed by atoms with E-state index in [0.717, 1.165) is 0 Å². The number of carboxylic acids is 1. The second-order valence-electron chi connectivity index (χ2n) is 5.38. The number of benzene rings is 1. The van der Waals surface area contributed by atoms with Crippen LogP contribution in [0.4, 0.5) is 4.39 Å². The van der Waals surface area contributed by atoms with Crippen molar-refractivity contribution >= 4 is 11.9 Å². The summed E-state index contributed by atoms with van der Waals surface area (Å²) in [5.41, 5.74) is -1.77. The molecule has 0 aliphatic carbocycles. The highest BCUT2D eigenvalue weighted by Crippen LogP contribution is 2.23. The number of likely N-dealkylation sites (tertiary alicyclic amines) is 1. The molecule has 0 unspecified atom stereocenters. The van der Waals surface area contributed by atoms with Gasteiger partial charge in [0.1, 0.15) is 11.6 Å². The lowest BCUT2D eigenvalue weighted by atomic mass is 9.91. The molecule has 1 aliphatic heterocycles. The van der Waals surface area contributed by atoms with E-state index in [1.807, 2.05) is 0 Å². The highest BCUT2D eigenvalue weighted by molar-refractivity contribution is 5.82. The van der Waals surface area contributed by atoms with E-state index >= 15 is 0 Å². The molecule has 2 rings (SSSR count). The largest absolute Gasteiger partial charge is 0.481 e. The van der Waals surface area contributed by atoms with Gasteiger partial charge in [-0.05, 0) is 19.1 Å². The van der Waals surface area contributed by atoms with E-state index in [-0.39, 0.29) is 37.6 Å². The summed E-state index contributed by atoms with van der Waals surface area (Å²) in [5, 5.41) is 18.8. The van der Waals surface area contributed by atoms with Crippen molar-refractivity contribution in [2.45, 2.75) is 31.5 Å². The molecule has 0 aromatic heterocycles. The minimum absolute atomic E-state index is 0.0270. The molecule has 1 aromatic rings. The van der Waals surface area contributed by atoms with Crippen LogP contribution in [0.5, 0.6) is 5.75 Å². The van der Waals surface area contributed by atoms with Gasteiger partial charge in [0.15, 0.2) is 11.7 Å². The van der Waals surface area contributed by atoms with E-state index in [2.05, 4.69) is 0 Å². The van der Waals surface area contributed by atoms with Crippen LogP contribution in [0.2, 0.25) is 0 Å². The predicted octanol–water partition coefficient (Wildman–Crippen LogP) is 1.03. The maximum absolute atomic E-state index is 13.1. The average Bonchev–Trinajstić information content (AvgIpc) is 2.47. The monoisotopic (exact) mass is 311 g/mol. The Labute approximate surface area is 127 Å². The summed E-state index contributed by atoms with van der Waals surface area (Å²) in [4.78, 5) is 24.6. The van der Waals surface area contributed by atoms with Crippen molar-refractivity contribution < 1.29 is 28.9 Å². The first-order valence-electron chi connectivity index (χ1n) is 6.98. The highest BCUT2D eigenvalue weighted by Gasteiger charge is 2.41. The summed E-state index contributed by atoms with van der Waals surface area (Å²) in [6, 6.07) is 5.49. The third-order valence-electron chi connectivity index (χ3n) is 3.76. The van der Waals surface area contributed by atoms with E-state index < -0.39 is 23.5 Å². The molecule has 120 valence electrons. The van der Waals surface area contributed by atoms with Gasteiger partial charge in [0.05, 0.1) is 0 Å². The Morgan fingerprint density at radius 3 is 2.55 bits per heavy atom. The summed E-state index contributed by atoms with van der Waals surface area (Å²) in [6.45, 7) is 1.82. The lowest BCUT2D eigenvalue weighted by Gasteiger charge is -2.36. The number of nitrogens with zero attached hydrogens (tertiary/aromatic N) is 1. The van der Waals surface area contributed by atoms with Gasteiger partial charge >= 0.3 is 5.97 Å². The molecule has 1 heterocycles. The van der Waals surface area contributed by atoms with Crippen molar-refractivity contribution in [1.29, 1.82) is 0 Å². The minimum Gasteiger partial charge on any atom is -0.481 e. The number of aliphatic carboxylic acids is 1. The van der Waals surface area contributed by atoms with Crippen LogP contribution in [0.1, 0.15) is 19.8 Å². The fraction of sp³-hybridized carbons (Fsp3) is 0.467. The lowest BCUT2D eigenvalue weighted by molar-refractivity contribution is -0.166. The minimum atomic E-state index is -1.77. The molecule has 6 nitrogen and oxygen atoms in total. The molecule has 1 aliphatic rings. The quantitative estimate of drug-likeness (QED) is 0.867. The smallest absolute Gasteiger partial charge is 0.335 e. The van der Waals surface area contributed by atoms with Crippen molar-refractivity contribution in [3.8, 4) is 5.75 Å². The normalized spacial score (nSPS) is 18.6. The molecule has 0 bridgehead atoms. The van der Waals surface area contributed by atoms with Gasteiger partial charge in [-0.1, -0.05) is 6.07 Å². The summed E-state index contributed by atoms with van der Waals surface area (Å²) >= 11 is 0. The Morgan fingerprint density at radius 2 is 2.00 bits per heavy atom. The first-order chi connectivity index (χ1) is 10.3. The van der Waals surface area contributed by atoms with Crippen LogP contribution in [0, 0.1) is 5.82 Å². The van der Waals surface area contributed by atoms with Crippen LogP contribution in [0.3, 0.4) is 0 Å². The van der Waals surface area contributed by atoms with Gasteiger partial charge in [-0.25, -0.2) is 9.18 Å². The molecule has 1 aromatic carbocycles. The summed E-state index contributed by atoms with van der Waals surface area (Å²) in [5.74, 6) is -1.80. The first-order valence-corrected chi connectivity index (χ1v) is 6.98. The zero-order chi connectivity index (χ0) is 16.3. The molecule has 2 N–H and O–H groups in total. The van der Waals surface area contributed by atoms with Gasteiger partial charge in [0.25, 0.3) is 5.91 Å². The number of piperidine rings is 1. The fourth-order valence-electron chi connectivity index (χ4n) is 2.36. The van der Waals surface area contributed by atoms with Crippen molar-refractivity contribution in [3.05, 3.63) is 30.1 Å². The Kier molecular flexibility index (Phi) is 4.65.